The van der Waals surface area contributed by atoms with Crippen molar-refractivity contribution in [3.63, 3.8) is 0 Å². The molecule has 0 aromatic carbocycles. The SMILES string of the molecule is CCc1nnc(NC(=O)c2cc(C)cc(C)n2)s1. The Morgan fingerprint density at radius 1 is 1.33 bits per heavy atom. The molecule has 6 heteroatoms. The molecule has 94 valence electrons. The van der Waals surface area contributed by atoms with Crippen molar-refractivity contribution in [2.75, 3.05) is 5.32 Å². The molecule has 0 saturated carbocycles. The van der Waals surface area contributed by atoms with Crippen molar-refractivity contribution in [2.24, 2.45) is 0 Å². The highest BCUT2D eigenvalue weighted by molar-refractivity contribution is 7.15. The number of carbonyl (C=O) groups excluding carboxylic acids is 1. The van der Waals surface area contributed by atoms with E-state index < -0.39 is 0 Å². The summed E-state index contributed by atoms with van der Waals surface area (Å²) in [7, 11) is 0. The smallest absolute Gasteiger partial charge is 0.276 e. The quantitative estimate of drug-likeness (QED) is 0.922. The molecule has 0 unspecified atom stereocenters. The zero-order valence-electron chi connectivity index (χ0n) is 10.5. The maximum Gasteiger partial charge on any atom is 0.276 e. The molecular formula is C12H14N4OS. The number of hydrogen-bond acceptors (Lipinski definition) is 5. The highest BCUT2D eigenvalue weighted by Crippen LogP contribution is 2.16. The summed E-state index contributed by atoms with van der Waals surface area (Å²) >= 11 is 1.38. The van der Waals surface area contributed by atoms with Gasteiger partial charge in [0.15, 0.2) is 0 Å². The molecule has 2 rings (SSSR count). The van der Waals surface area contributed by atoms with Gasteiger partial charge in [0.05, 0.1) is 0 Å². The van der Waals surface area contributed by atoms with Crippen LogP contribution < -0.4 is 5.32 Å². The second-order valence-corrected chi connectivity index (χ2v) is 5.04. The predicted molar refractivity (Wildman–Crippen MR) is 71.0 cm³/mol. The van der Waals surface area contributed by atoms with Crippen LogP contribution in [0.3, 0.4) is 0 Å². The molecule has 0 aliphatic heterocycles. The number of amides is 1. The lowest BCUT2D eigenvalue weighted by molar-refractivity contribution is 0.102. The summed E-state index contributed by atoms with van der Waals surface area (Å²) in [5.41, 5.74) is 2.24. The average Bonchev–Trinajstić information content (AvgIpc) is 2.75. The average molecular weight is 262 g/mol. The van der Waals surface area contributed by atoms with Crippen LogP contribution in [0.4, 0.5) is 5.13 Å². The van der Waals surface area contributed by atoms with Gasteiger partial charge in [-0.25, -0.2) is 4.98 Å². The number of anilines is 1. The van der Waals surface area contributed by atoms with Crippen molar-refractivity contribution in [1.82, 2.24) is 15.2 Å². The van der Waals surface area contributed by atoms with Crippen LogP contribution in [0.5, 0.6) is 0 Å². The summed E-state index contributed by atoms with van der Waals surface area (Å²) in [6.07, 6.45) is 0.815. The molecule has 0 fully saturated rings. The van der Waals surface area contributed by atoms with Crippen LogP contribution in [0.2, 0.25) is 0 Å². The van der Waals surface area contributed by atoms with E-state index in [1.807, 2.05) is 26.8 Å². The van der Waals surface area contributed by atoms with E-state index in [-0.39, 0.29) is 5.91 Å². The van der Waals surface area contributed by atoms with Gasteiger partial charge in [0.1, 0.15) is 10.7 Å². The highest BCUT2D eigenvalue weighted by atomic mass is 32.1. The number of nitrogens with zero attached hydrogens (tertiary/aromatic N) is 3. The minimum Gasteiger partial charge on any atom is -0.295 e. The molecule has 5 nitrogen and oxygen atoms in total. The topological polar surface area (TPSA) is 67.8 Å². The molecule has 0 aliphatic carbocycles. The van der Waals surface area contributed by atoms with Gasteiger partial charge in [-0.15, -0.1) is 10.2 Å². The number of nitrogens with one attached hydrogen (secondary N) is 1. The first kappa shape index (κ1) is 12.6. The van der Waals surface area contributed by atoms with Crippen molar-refractivity contribution in [1.29, 1.82) is 0 Å². The Balaban J connectivity index is 2.16. The lowest BCUT2D eigenvalue weighted by atomic mass is 10.2. The standard InChI is InChI=1S/C12H14N4OS/c1-4-10-15-16-12(18-10)14-11(17)9-6-7(2)5-8(3)13-9/h5-6H,4H2,1-3H3,(H,14,16,17). The number of carbonyl (C=O) groups is 1. The van der Waals surface area contributed by atoms with Crippen LogP contribution >= 0.6 is 11.3 Å². The fourth-order valence-corrected chi connectivity index (χ4v) is 2.24. The third-order valence-electron chi connectivity index (χ3n) is 2.32. The molecule has 18 heavy (non-hydrogen) atoms. The zero-order chi connectivity index (χ0) is 13.1. The number of rotatable bonds is 3. The van der Waals surface area contributed by atoms with Gasteiger partial charge in [0.25, 0.3) is 5.91 Å². The fourth-order valence-electron chi connectivity index (χ4n) is 1.57. The molecule has 0 spiro atoms. The Kier molecular flexibility index (Phi) is 3.66. The van der Waals surface area contributed by atoms with Gasteiger partial charge in [-0.05, 0) is 38.0 Å². The molecule has 2 heterocycles. The fraction of sp³-hybridized carbons (Fsp3) is 0.333. The highest BCUT2D eigenvalue weighted by Gasteiger charge is 2.11. The summed E-state index contributed by atoms with van der Waals surface area (Å²) < 4.78 is 0. The van der Waals surface area contributed by atoms with Gasteiger partial charge in [0, 0.05) is 5.69 Å². The van der Waals surface area contributed by atoms with Crippen molar-refractivity contribution < 1.29 is 4.79 Å². The molecule has 0 aliphatic rings. The molecule has 1 amide bonds. The number of aromatic nitrogens is 3. The Bertz CT molecular complexity index is 559. The van der Waals surface area contributed by atoms with E-state index in [0.29, 0.717) is 10.8 Å². The molecule has 0 saturated heterocycles. The van der Waals surface area contributed by atoms with Crippen LogP contribution in [0.15, 0.2) is 12.1 Å². The normalized spacial score (nSPS) is 10.4. The summed E-state index contributed by atoms with van der Waals surface area (Å²) in [6.45, 7) is 5.80. The minimum atomic E-state index is -0.249. The van der Waals surface area contributed by atoms with Crippen molar-refractivity contribution in [3.8, 4) is 0 Å². The molecule has 1 N–H and O–H groups in total. The van der Waals surface area contributed by atoms with Gasteiger partial charge in [-0.1, -0.05) is 18.3 Å². The van der Waals surface area contributed by atoms with Crippen LogP contribution in [-0.2, 0) is 6.42 Å². The maximum atomic E-state index is 12.0. The van der Waals surface area contributed by atoms with Crippen LogP contribution in [0.1, 0.15) is 33.7 Å². The summed E-state index contributed by atoms with van der Waals surface area (Å²) in [5.74, 6) is -0.249. The number of aryl methyl sites for hydroxylation is 3. The molecule has 0 atom stereocenters. The summed E-state index contributed by atoms with van der Waals surface area (Å²) in [6, 6.07) is 3.68. The first-order valence-corrected chi connectivity index (χ1v) is 6.49. The Morgan fingerprint density at radius 3 is 2.72 bits per heavy atom. The zero-order valence-corrected chi connectivity index (χ0v) is 11.3. The molecule has 2 aromatic rings. The van der Waals surface area contributed by atoms with Gasteiger partial charge in [-0.3, -0.25) is 10.1 Å². The van der Waals surface area contributed by atoms with Crippen LogP contribution in [-0.4, -0.2) is 21.1 Å². The van der Waals surface area contributed by atoms with Crippen LogP contribution in [0, 0.1) is 13.8 Å². The van der Waals surface area contributed by atoms with E-state index in [0.717, 1.165) is 22.7 Å². The molecule has 0 radical (unpaired) electrons. The second-order valence-electron chi connectivity index (χ2n) is 3.98. The molecular weight excluding hydrogens is 248 g/mol. The maximum absolute atomic E-state index is 12.0. The largest absolute Gasteiger partial charge is 0.295 e. The molecule has 2 aromatic heterocycles. The van der Waals surface area contributed by atoms with Crippen LogP contribution in [0.25, 0.3) is 0 Å². The van der Waals surface area contributed by atoms with E-state index >= 15 is 0 Å². The van der Waals surface area contributed by atoms with Crippen molar-refractivity contribution in [2.45, 2.75) is 27.2 Å². The minimum absolute atomic E-state index is 0.249. The first-order chi connectivity index (χ1) is 8.58. The number of pyridine rings is 1. The Hall–Kier alpha value is -1.82. The number of hydrogen-bond donors (Lipinski definition) is 1. The van der Waals surface area contributed by atoms with E-state index in [2.05, 4.69) is 20.5 Å². The van der Waals surface area contributed by atoms with E-state index in [1.165, 1.54) is 11.3 Å². The lowest BCUT2D eigenvalue weighted by Crippen LogP contribution is -2.14. The third-order valence-corrected chi connectivity index (χ3v) is 3.30. The predicted octanol–water partition coefficient (Wildman–Crippen LogP) is 2.36. The van der Waals surface area contributed by atoms with E-state index in [4.69, 9.17) is 0 Å². The first-order valence-electron chi connectivity index (χ1n) is 5.67. The summed E-state index contributed by atoms with van der Waals surface area (Å²) in [4.78, 5) is 16.2. The van der Waals surface area contributed by atoms with Crippen molar-refractivity contribution >= 4 is 22.4 Å². The Labute approximate surface area is 109 Å². The van der Waals surface area contributed by atoms with Gasteiger partial charge in [-0.2, -0.15) is 0 Å². The molecule has 0 bridgehead atoms. The second kappa shape index (κ2) is 5.22. The van der Waals surface area contributed by atoms with Gasteiger partial charge < -0.3 is 0 Å². The lowest BCUT2D eigenvalue weighted by Gasteiger charge is -2.03. The monoisotopic (exact) mass is 262 g/mol. The third kappa shape index (κ3) is 2.89. The van der Waals surface area contributed by atoms with Gasteiger partial charge in [0.2, 0.25) is 5.13 Å². The Morgan fingerprint density at radius 2 is 2.11 bits per heavy atom. The van der Waals surface area contributed by atoms with Crippen molar-refractivity contribution in [3.05, 3.63) is 34.1 Å². The van der Waals surface area contributed by atoms with Gasteiger partial charge >= 0.3 is 0 Å². The van der Waals surface area contributed by atoms with E-state index in [1.54, 1.807) is 6.07 Å². The summed E-state index contributed by atoms with van der Waals surface area (Å²) in [5, 5.41) is 12.0. The van der Waals surface area contributed by atoms with E-state index in [9.17, 15) is 4.79 Å².